The van der Waals surface area contributed by atoms with Crippen LogP contribution >= 0.6 is 0 Å². The number of carbonyl (C=O) groups is 1. The Morgan fingerprint density at radius 1 is 1.26 bits per heavy atom. The van der Waals surface area contributed by atoms with Crippen molar-refractivity contribution in [3.05, 3.63) is 65.2 Å². The van der Waals surface area contributed by atoms with Gasteiger partial charge in [0.1, 0.15) is 5.82 Å². The molecule has 1 aromatic carbocycles. The highest BCUT2D eigenvalue weighted by Crippen LogP contribution is 2.22. The van der Waals surface area contributed by atoms with Crippen LogP contribution in [0.5, 0.6) is 0 Å². The minimum Gasteiger partial charge on any atom is -0.338 e. The van der Waals surface area contributed by atoms with Gasteiger partial charge in [-0.15, -0.1) is 0 Å². The van der Waals surface area contributed by atoms with Crippen molar-refractivity contribution in [2.24, 2.45) is 5.92 Å². The third-order valence-electron chi connectivity index (χ3n) is 4.35. The van der Waals surface area contributed by atoms with Crippen molar-refractivity contribution in [3.8, 4) is 0 Å². The van der Waals surface area contributed by atoms with E-state index in [1.807, 2.05) is 25.1 Å². The first-order valence-corrected chi connectivity index (χ1v) is 8.10. The summed E-state index contributed by atoms with van der Waals surface area (Å²) in [7, 11) is 0. The molecule has 3 nitrogen and oxygen atoms in total. The number of aryl methyl sites for hydroxylation is 1. The van der Waals surface area contributed by atoms with Crippen LogP contribution in [-0.2, 0) is 6.42 Å². The Labute approximate surface area is 136 Å². The second kappa shape index (κ2) is 6.90. The number of rotatable bonds is 3. The number of pyridine rings is 1. The van der Waals surface area contributed by atoms with Crippen LogP contribution in [0.1, 0.15) is 34.6 Å². The van der Waals surface area contributed by atoms with Gasteiger partial charge in [-0.2, -0.15) is 0 Å². The Morgan fingerprint density at radius 2 is 2.09 bits per heavy atom. The smallest absolute Gasteiger partial charge is 0.256 e. The molecule has 0 radical (unpaired) electrons. The van der Waals surface area contributed by atoms with E-state index in [9.17, 15) is 9.18 Å². The molecule has 0 spiro atoms. The van der Waals surface area contributed by atoms with Crippen molar-refractivity contribution >= 4 is 5.91 Å². The van der Waals surface area contributed by atoms with Gasteiger partial charge in [-0.3, -0.25) is 9.78 Å². The summed E-state index contributed by atoms with van der Waals surface area (Å²) in [6.45, 7) is 3.35. The second-order valence-corrected chi connectivity index (χ2v) is 6.21. The Balaban J connectivity index is 1.68. The lowest BCUT2D eigenvalue weighted by molar-refractivity contribution is 0.0668. The Morgan fingerprint density at radius 3 is 2.87 bits per heavy atom. The lowest BCUT2D eigenvalue weighted by atomic mass is 9.92. The summed E-state index contributed by atoms with van der Waals surface area (Å²) < 4.78 is 13.8. The Bertz CT molecular complexity index is 701. The fraction of sp³-hybridized carbons (Fsp3) is 0.368. The van der Waals surface area contributed by atoms with Gasteiger partial charge in [0.2, 0.25) is 0 Å². The molecule has 2 aromatic rings. The number of benzene rings is 1. The fourth-order valence-electron chi connectivity index (χ4n) is 3.23. The quantitative estimate of drug-likeness (QED) is 0.867. The monoisotopic (exact) mass is 312 g/mol. The predicted octanol–water partition coefficient (Wildman–Crippen LogP) is 3.62. The number of aromatic nitrogens is 1. The molecule has 0 aliphatic carbocycles. The maximum absolute atomic E-state index is 13.8. The summed E-state index contributed by atoms with van der Waals surface area (Å²) in [5.74, 6) is -0.265. The van der Waals surface area contributed by atoms with Crippen molar-refractivity contribution in [1.82, 2.24) is 9.88 Å². The molecule has 1 amide bonds. The fourth-order valence-corrected chi connectivity index (χ4v) is 3.23. The van der Waals surface area contributed by atoms with Gasteiger partial charge in [-0.05, 0) is 56.4 Å². The predicted molar refractivity (Wildman–Crippen MR) is 87.7 cm³/mol. The van der Waals surface area contributed by atoms with E-state index in [0.717, 1.165) is 30.7 Å². The van der Waals surface area contributed by atoms with Crippen LogP contribution in [0.25, 0.3) is 0 Å². The maximum atomic E-state index is 13.8. The van der Waals surface area contributed by atoms with Crippen molar-refractivity contribution < 1.29 is 9.18 Å². The summed E-state index contributed by atoms with van der Waals surface area (Å²) >= 11 is 0. The van der Waals surface area contributed by atoms with E-state index in [4.69, 9.17) is 0 Å². The van der Waals surface area contributed by atoms with Crippen LogP contribution in [0, 0.1) is 18.7 Å². The van der Waals surface area contributed by atoms with Gasteiger partial charge in [0.05, 0.1) is 5.56 Å². The zero-order valence-electron chi connectivity index (χ0n) is 13.3. The first-order valence-electron chi connectivity index (χ1n) is 8.10. The molecule has 1 aromatic heterocycles. The summed E-state index contributed by atoms with van der Waals surface area (Å²) in [6, 6.07) is 12.2. The van der Waals surface area contributed by atoms with Crippen molar-refractivity contribution in [2.75, 3.05) is 13.1 Å². The highest BCUT2D eigenvalue weighted by molar-refractivity contribution is 5.94. The SMILES string of the molecule is Cc1cccc(C[C@@H]2CCCN(C(=O)c3ccccc3F)C2)n1. The van der Waals surface area contributed by atoms with Crippen molar-refractivity contribution in [3.63, 3.8) is 0 Å². The van der Waals surface area contributed by atoms with Crippen molar-refractivity contribution in [1.29, 1.82) is 0 Å². The van der Waals surface area contributed by atoms with E-state index in [2.05, 4.69) is 4.98 Å². The van der Waals surface area contributed by atoms with E-state index in [0.29, 0.717) is 19.0 Å². The van der Waals surface area contributed by atoms with E-state index in [-0.39, 0.29) is 11.5 Å². The second-order valence-electron chi connectivity index (χ2n) is 6.21. The highest BCUT2D eigenvalue weighted by Gasteiger charge is 2.26. The molecule has 1 aliphatic heterocycles. The molecule has 3 rings (SSSR count). The first-order chi connectivity index (χ1) is 11.1. The van der Waals surface area contributed by atoms with Crippen LogP contribution in [-0.4, -0.2) is 28.9 Å². The standard InChI is InChI=1S/C19H21FN2O/c1-14-6-4-8-16(21-14)12-15-7-5-11-22(13-15)19(23)17-9-2-3-10-18(17)20/h2-4,6,8-10,15H,5,7,11-13H2,1H3/t15-/m0/s1. The van der Waals surface area contributed by atoms with Gasteiger partial charge in [-0.25, -0.2) is 4.39 Å². The molecule has 0 saturated carbocycles. The topological polar surface area (TPSA) is 33.2 Å². The average molecular weight is 312 g/mol. The third-order valence-corrected chi connectivity index (χ3v) is 4.35. The molecule has 2 heterocycles. The molecular formula is C19H21FN2O. The molecule has 1 aliphatic rings. The van der Waals surface area contributed by atoms with Gasteiger partial charge >= 0.3 is 0 Å². The summed E-state index contributed by atoms with van der Waals surface area (Å²) in [4.78, 5) is 18.9. The van der Waals surface area contributed by atoms with Gasteiger partial charge in [-0.1, -0.05) is 18.2 Å². The molecule has 0 N–H and O–H groups in total. The van der Waals surface area contributed by atoms with Crippen LogP contribution in [0.15, 0.2) is 42.5 Å². The largest absolute Gasteiger partial charge is 0.338 e. The van der Waals surface area contributed by atoms with Gasteiger partial charge < -0.3 is 4.90 Å². The number of piperidine rings is 1. The molecule has 120 valence electrons. The maximum Gasteiger partial charge on any atom is 0.256 e. The first kappa shape index (κ1) is 15.7. The molecule has 4 heteroatoms. The molecule has 23 heavy (non-hydrogen) atoms. The Kier molecular flexibility index (Phi) is 4.70. The number of halogens is 1. The Hall–Kier alpha value is -2.23. The molecular weight excluding hydrogens is 291 g/mol. The molecule has 1 fully saturated rings. The molecule has 1 saturated heterocycles. The molecule has 1 atom stereocenters. The summed E-state index contributed by atoms with van der Waals surface area (Å²) in [6.07, 6.45) is 2.90. The number of nitrogens with zero attached hydrogens (tertiary/aromatic N) is 2. The molecule has 0 unspecified atom stereocenters. The van der Waals surface area contributed by atoms with E-state index < -0.39 is 5.82 Å². The normalized spacial score (nSPS) is 18.0. The van der Waals surface area contributed by atoms with Gasteiger partial charge in [0, 0.05) is 24.5 Å². The lowest BCUT2D eigenvalue weighted by Crippen LogP contribution is -2.40. The van der Waals surface area contributed by atoms with E-state index >= 15 is 0 Å². The highest BCUT2D eigenvalue weighted by atomic mass is 19.1. The molecule has 0 bridgehead atoms. The van der Waals surface area contributed by atoms with Gasteiger partial charge in [0.15, 0.2) is 0 Å². The van der Waals surface area contributed by atoms with Crippen molar-refractivity contribution in [2.45, 2.75) is 26.2 Å². The van der Waals surface area contributed by atoms with Crippen LogP contribution in [0.2, 0.25) is 0 Å². The number of amides is 1. The summed E-state index contributed by atoms with van der Waals surface area (Å²) in [5, 5.41) is 0. The van der Waals surface area contributed by atoms with Crippen LogP contribution in [0.4, 0.5) is 4.39 Å². The lowest BCUT2D eigenvalue weighted by Gasteiger charge is -2.33. The third kappa shape index (κ3) is 3.76. The van der Waals surface area contributed by atoms with E-state index in [1.54, 1.807) is 23.1 Å². The van der Waals surface area contributed by atoms with Crippen LogP contribution in [0.3, 0.4) is 0 Å². The van der Waals surface area contributed by atoms with Gasteiger partial charge in [0.25, 0.3) is 5.91 Å². The number of carbonyl (C=O) groups excluding carboxylic acids is 1. The number of likely N-dealkylation sites (tertiary alicyclic amines) is 1. The number of hydrogen-bond donors (Lipinski definition) is 0. The zero-order valence-corrected chi connectivity index (χ0v) is 13.3. The van der Waals surface area contributed by atoms with E-state index in [1.165, 1.54) is 6.07 Å². The minimum atomic E-state index is -0.444. The minimum absolute atomic E-state index is 0.168. The van der Waals surface area contributed by atoms with Crippen LogP contribution < -0.4 is 0 Å². The average Bonchev–Trinajstić information content (AvgIpc) is 2.55. The summed E-state index contributed by atoms with van der Waals surface area (Å²) in [5.41, 5.74) is 2.25. The number of hydrogen-bond acceptors (Lipinski definition) is 2. The zero-order chi connectivity index (χ0) is 16.2.